The van der Waals surface area contributed by atoms with Crippen LogP contribution in [0.4, 0.5) is 0 Å². The number of nitrogens with one attached hydrogen (secondary N) is 1. The minimum absolute atomic E-state index is 0.0235. The zero-order valence-electron chi connectivity index (χ0n) is 13.5. The van der Waals surface area contributed by atoms with Gasteiger partial charge in [-0.1, -0.05) is 18.2 Å². The van der Waals surface area contributed by atoms with Crippen molar-refractivity contribution >= 4 is 11.8 Å². The second-order valence-corrected chi connectivity index (χ2v) is 5.78. The van der Waals surface area contributed by atoms with E-state index in [0.29, 0.717) is 31.9 Å². The van der Waals surface area contributed by atoms with E-state index in [4.69, 9.17) is 10.5 Å². The highest BCUT2D eigenvalue weighted by Crippen LogP contribution is 2.19. The molecule has 0 aromatic heterocycles. The third-order valence-corrected chi connectivity index (χ3v) is 3.95. The van der Waals surface area contributed by atoms with E-state index in [1.807, 2.05) is 30.3 Å². The Morgan fingerprint density at radius 1 is 1.39 bits per heavy atom. The van der Waals surface area contributed by atoms with E-state index in [9.17, 15) is 9.59 Å². The number of benzene rings is 1. The highest BCUT2D eigenvalue weighted by Gasteiger charge is 2.30. The summed E-state index contributed by atoms with van der Waals surface area (Å²) in [6.45, 7) is 3.74. The van der Waals surface area contributed by atoms with Gasteiger partial charge >= 0.3 is 0 Å². The third kappa shape index (κ3) is 4.96. The lowest BCUT2D eigenvalue weighted by molar-refractivity contribution is -0.141. The van der Waals surface area contributed by atoms with E-state index in [1.165, 1.54) is 0 Å². The van der Waals surface area contributed by atoms with Crippen molar-refractivity contribution in [2.24, 2.45) is 11.7 Å². The monoisotopic (exact) mass is 319 g/mol. The number of carbonyl (C=O) groups excluding carboxylic acids is 2. The van der Waals surface area contributed by atoms with E-state index in [0.717, 1.165) is 12.8 Å². The summed E-state index contributed by atoms with van der Waals surface area (Å²) in [6, 6.07) is 9.27. The van der Waals surface area contributed by atoms with Crippen molar-refractivity contribution in [1.82, 2.24) is 10.2 Å². The third-order valence-electron chi connectivity index (χ3n) is 3.95. The number of likely N-dealkylation sites (tertiary alicyclic amines) is 1. The predicted octanol–water partition coefficient (Wildman–Crippen LogP) is 0.767. The van der Waals surface area contributed by atoms with Gasteiger partial charge < -0.3 is 20.7 Å². The smallest absolute Gasteiger partial charge is 0.263 e. The SMILES string of the molecule is CC(Oc1ccccc1)C(=O)N1CCCC(C(=O)NCCN)C1. The lowest BCUT2D eigenvalue weighted by Crippen LogP contribution is -2.49. The number of hydrogen-bond donors (Lipinski definition) is 2. The molecule has 0 bridgehead atoms. The van der Waals surface area contributed by atoms with Crippen molar-refractivity contribution in [1.29, 1.82) is 0 Å². The summed E-state index contributed by atoms with van der Waals surface area (Å²) in [5.41, 5.74) is 5.40. The van der Waals surface area contributed by atoms with Crippen LogP contribution in [-0.2, 0) is 9.59 Å². The first-order valence-electron chi connectivity index (χ1n) is 8.10. The number of hydrogen-bond acceptors (Lipinski definition) is 4. The molecule has 0 aliphatic carbocycles. The zero-order chi connectivity index (χ0) is 16.7. The van der Waals surface area contributed by atoms with Crippen LogP contribution in [0.3, 0.4) is 0 Å². The van der Waals surface area contributed by atoms with Crippen molar-refractivity contribution in [3.8, 4) is 5.75 Å². The number of rotatable bonds is 6. The second kappa shape index (κ2) is 8.53. The number of piperidine rings is 1. The minimum atomic E-state index is -0.566. The molecule has 1 fully saturated rings. The van der Waals surface area contributed by atoms with Gasteiger partial charge in [-0.05, 0) is 31.9 Å². The summed E-state index contributed by atoms with van der Waals surface area (Å²) in [5.74, 6) is 0.403. The molecule has 2 rings (SSSR count). The molecule has 23 heavy (non-hydrogen) atoms. The predicted molar refractivity (Wildman–Crippen MR) is 87.9 cm³/mol. The number of nitrogens with two attached hydrogens (primary N) is 1. The summed E-state index contributed by atoms with van der Waals surface area (Å²) in [4.78, 5) is 26.3. The van der Waals surface area contributed by atoms with Gasteiger partial charge in [0.2, 0.25) is 5.91 Å². The Balaban J connectivity index is 1.89. The van der Waals surface area contributed by atoms with E-state index < -0.39 is 6.10 Å². The van der Waals surface area contributed by atoms with Crippen molar-refractivity contribution in [2.45, 2.75) is 25.9 Å². The van der Waals surface area contributed by atoms with Gasteiger partial charge in [0.1, 0.15) is 5.75 Å². The van der Waals surface area contributed by atoms with Crippen molar-refractivity contribution in [3.63, 3.8) is 0 Å². The number of amides is 2. The van der Waals surface area contributed by atoms with E-state index in [2.05, 4.69) is 5.32 Å². The lowest BCUT2D eigenvalue weighted by Gasteiger charge is -2.33. The summed E-state index contributed by atoms with van der Waals surface area (Å²) in [5, 5.41) is 2.80. The van der Waals surface area contributed by atoms with Gasteiger partial charge in [0, 0.05) is 26.2 Å². The molecule has 3 N–H and O–H groups in total. The molecule has 1 aliphatic heterocycles. The average Bonchev–Trinajstić information content (AvgIpc) is 2.60. The molecule has 1 heterocycles. The van der Waals surface area contributed by atoms with Gasteiger partial charge in [-0.3, -0.25) is 9.59 Å². The Kier molecular flexibility index (Phi) is 6.40. The fourth-order valence-corrected chi connectivity index (χ4v) is 2.74. The standard InChI is InChI=1S/C17H25N3O3/c1-13(23-15-7-3-2-4-8-15)17(22)20-11-5-6-14(12-20)16(21)19-10-9-18/h2-4,7-8,13-14H,5-6,9-12,18H2,1H3,(H,19,21). The number of para-hydroxylation sites is 1. The Morgan fingerprint density at radius 2 is 2.13 bits per heavy atom. The highest BCUT2D eigenvalue weighted by molar-refractivity contribution is 5.83. The summed E-state index contributed by atoms with van der Waals surface area (Å²) in [7, 11) is 0. The molecule has 2 atom stereocenters. The number of ether oxygens (including phenoxy) is 1. The van der Waals surface area contributed by atoms with E-state index in [1.54, 1.807) is 11.8 Å². The van der Waals surface area contributed by atoms with Crippen LogP contribution in [0.2, 0.25) is 0 Å². The molecule has 1 aromatic carbocycles. The molecule has 2 amide bonds. The molecule has 0 spiro atoms. The first-order chi connectivity index (χ1) is 11.1. The quantitative estimate of drug-likeness (QED) is 0.811. The van der Waals surface area contributed by atoms with Gasteiger partial charge in [0.25, 0.3) is 5.91 Å². The molecule has 0 saturated carbocycles. The fraction of sp³-hybridized carbons (Fsp3) is 0.529. The van der Waals surface area contributed by atoms with Gasteiger partial charge in [0.15, 0.2) is 6.10 Å². The van der Waals surface area contributed by atoms with Crippen LogP contribution in [0.1, 0.15) is 19.8 Å². The van der Waals surface area contributed by atoms with E-state index >= 15 is 0 Å². The van der Waals surface area contributed by atoms with Gasteiger partial charge in [-0.2, -0.15) is 0 Å². The number of carbonyl (C=O) groups is 2. The zero-order valence-corrected chi connectivity index (χ0v) is 13.5. The fourth-order valence-electron chi connectivity index (χ4n) is 2.74. The summed E-state index contributed by atoms with van der Waals surface area (Å²) in [6.07, 6.45) is 1.06. The van der Waals surface area contributed by atoms with Crippen molar-refractivity contribution in [3.05, 3.63) is 30.3 Å². The molecule has 1 saturated heterocycles. The lowest BCUT2D eigenvalue weighted by atomic mass is 9.96. The van der Waals surface area contributed by atoms with Crippen LogP contribution in [0.25, 0.3) is 0 Å². The normalized spacial score (nSPS) is 19.0. The molecule has 2 unspecified atom stereocenters. The number of nitrogens with zero attached hydrogens (tertiary/aromatic N) is 1. The Labute approximate surface area is 137 Å². The van der Waals surface area contributed by atoms with Crippen LogP contribution in [0.5, 0.6) is 5.75 Å². The molecule has 1 aromatic rings. The molecule has 6 heteroatoms. The van der Waals surface area contributed by atoms with Gasteiger partial charge in [0.05, 0.1) is 5.92 Å². The molecule has 1 aliphatic rings. The first kappa shape index (κ1) is 17.3. The van der Waals surface area contributed by atoms with Gasteiger partial charge in [-0.15, -0.1) is 0 Å². The molecular weight excluding hydrogens is 294 g/mol. The Morgan fingerprint density at radius 3 is 2.83 bits per heavy atom. The minimum Gasteiger partial charge on any atom is -0.481 e. The first-order valence-corrected chi connectivity index (χ1v) is 8.10. The average molecular weight is 319 g/mol. The molecule has 126 valence electrons. The van der Waals surface area contributed by atoms with E-state index in [-0.39, 0.29) is 17.7 Å². The Hall–Kier alpha value is -2.08. The van der Waals surface area contributed by atoms with Gasteiger partial charge in [-0.25, -0.2) is 0 Å². The van der Waals surface area contributed by atoms with Crippen LogP contribution >= 0.6 is 0 Å². The van der Waals surface area contributed by atoms with Crippen LogP contribution in [0, 0.1) is 5.92 Å². The summed E-state index contributed by atoms with van der Waals surface area (Å²) >= 11 is 0. The van der Waals surface area contributed by atoms with Crippen LogP contribution < -0.4 is 15.8 Å². The van der Waals surface area contributed by atoms with Crippen molar-refractivity contribution < 1.29 is 14.3 Å². The second-order valence-electron chi connectivity index (χ2n) is 5.78. The topological polar surface area (TPSA) is 84.7 Å². The molecule has 0 radical (unpaired) electrons. The maximum atomic E-state index is 12.5. The highest BCUT2D eigenvalue weighted by atomic mass is 16.5. The van der Waals surface area contributed by atoms with Crippen molar-refractivity contribution in [2.75, 3.05) is 26.2 Å². The molecular formula is C17H25N3O3. The summed E-state index contributed by atoms with van der Waals surface area (Å²) < 4.78 is 5.68. The maximum Gasteiger partial charge on any atom is 0.263 e. The molecule has 6 nitrogen and oxygen atoms in total. The Bertz CT molecular complexity index is 521. The maximum absolute atomic E-state index is 12.5. The van der Waals surface area contributed by atoms with Crippen LogP contribution in [0.15, 0.2) is 30.3 Å². The van der Waals surface area contributed by atoms with Crippen LogP contribution in [-0.4, -0.2) is 49.0 Å². The largest absolute Gasteiger partial charge is 0.481 e.